The first kappa shape index (κ1) is 27.5. The van der Waals surface area contributed by atoms with E-state index in [9.17, 15) is 14.9 Å². The Morgan fingerprint density at radius 2 is 1.79 bits per heavy atom. The molecule has 11 nitrogen and oxygen atoms in total. The third-order valence-electron chi connectivity index (χ3n) is 6.69. The van der Waals surface area contributed by atoms with Gasteiger partial charge in [0, 0.05) is 70.0 Å². The number of para-hydroxylation sites is 1. The first-order valence-electron chi connectivity index (χ1n) is 12.5. The lowest BCUT2D eigenvalue weighted by Crippen LogP contribution is -2.29. The molecular weight excluding hydrogens is 496 g/mol. The fourth-order valence-corrected chi connectivity index (χ4v) is 4.53. The Hall–Kier alpha value is -4.51. The van der Waals surface area contributed by atoms with Crippen LogP contribution in [-0.2, 0) is 7.05 Å². The van der Waals surface area contributed by atoms with Gasteiger partial charge < -0.3 is 24.6 Å². The molecule has 0 atom stereocenters. The van der Waals surface area contributed by atoms with Crippen molar-refractivity contribution in [3.05, 3.63) is 70.0 Å². The Labute approximate surface area is 227 Å². The number of nitro benzene ring substituents is 1. The molecule has 0 fully saturated rings. The summed E-state index contributed by atoms with van der Waals surface area (Å²) in [7, 11) is 11.1. The maximum atomic E-state index is 13.2. The molecule has 0 saturated carbocycles. The number of amides is 1. The largest absolute Gasteiger partial charge is 0.368 e. The molecule has 4 aromatic rings. The van der Waals surface area contributed by atoms with Crippen LogP contribution in [0.5, 0.6) is 0 Å². The van der Waals surface area contributed by atoms with E-state index in [0.29, 0.717) is 34.9 Å². The van der Waals surface area contributed by atoms with Gasteiger partial charge in [-0.2, -0.15) is 0 Å². The normalized spacial score (nSPS) is 11.2. The van der Waals surface area contributed by atoms with Gasteiger partial charge in [-0.1, -0.05) is 18.2 Å². The van der Waals surface area contributed by atoms with E-state index in [1.54, 1.807) is 32.4 Å². The second-order valence-corrected chi connectivity index (χ2v) is 10.0. The number of anilines is 3. The summed E-state index contributed by atoms with van der Waals surface area (Å²) in [4.78, 5) is 39.4. The van der Waals surface area contributed by atoms with Crippen molar-refractivity contribution in [2.24, 2.45) is 7.05 Å². The molecule has 39 heavy (non-hydrogen) atoms. The second-order valence-electron chi connectivity index (χ2n) is 10.0. The molecule has 2 heterocycles. The van der Waals surface area contributed by atoms with E-state index in [-0.39, 0.29) is 22.5 Å². The lowest BCUT2D eigenvalue weighted by Gasteiger charge is -2.22. The summed E-state index contributed by atoms with van der Waals surface area (Å²) in [5.74, 6) is 0.132. The Morgan fingerprint density at radius 3 is 2.46 bits per heavy atom. The second kappa shape index (κ2) is 11.1. The molecule has 0 aliphatic carbocycles. The minimum absolute atomic E-state index is 0.00608. The van der Waals surface area contributed by atoms with Crippen molar-refractivity contribution < 1.29 is 9.72 Å². The zero-order valence-corrected chi connectivity index (χ0v) is 23.4. The van der Waals surface area contributed by atoms with Gasteiger partial charge in [0.05, 0.1) is 16.3 Å². The van der Waals surface area contributed by atoms with Crippen LogP contribution in [0, 0.1) is 17.0 Å². The lowest BCUT2D eigenvalue weighted by molar-refractivity contribution is -0.384. The molecule has 204 valence electrons. The molecule has 0 aliphatic rings. The number of hydrogen-bond acceptors (Lipinski definition) is 8. The smallest absolute Gasteiger partial charge is 0.294 e. The predicted octanol–water partition coefficient (Wildman–Crippen LogP) is 4.30. The summed E-state index contributed by atoms with van der Waals surface area (Å²) >= 11 is 0. The SMILES string of the molecule is Cc1cc(N(C)CCN(C)C)c([N+](=O)[O-])cc1Nc1nccc(-c2c(C(=O)N(C)C)n(C)c3ccccc23)n1. The molecule has 1 amide bonds. The highest BCUT2D eigenvalue weighted by atomic mass is 16.6. The number of nitrogens with one attached hydrogen (secondary N) is 1. The van der Waals surface area contributed by atoms with Crippen molar-refractivity contribution in [2.45, 2.75) is 6.92 Å². The molecule has 0 bridgehead atoms. The van der Waals surface area contributed by atoms with E-state index >= 15 is 0 Å². The summed E-state index contributed by atoms with van der Waals surface area (Å²) in [5.41, 5.74) is 4.59. The highest BCUT2D eigenvalue weighted by Gasteiger charge is 2.25. The van der Waals surface area contributed by atoms with Gasteiger partial charge in [-0.05, 0) is 44.8 Å². The average Bonchev–Trinajstić information content (AvgIpc) is 3.19. The summed E-state index contributed by atoms with van der Waals surface area (Å²) in [6.07, 6.45) is 1.61. The van der Waals surface area contributed by atoms with E-state index in [0.717, 1.165) is 23.0 Å². The Kier molecular flexibility index (Phi) is 7.82. The van der Waals surface area contributed by atoms with Crippen LogP contribution in [0.4, 0.5) is 23.0 Å². The number of nitrogens with zero attached hydrogens (tertiary/aromatic N) is 7. The highest BCUT2D eigenvalue weighted by Crippen LogP contribution is 2.36. The van der Waals surface area contributed by atoms with Gasteiger partial charge in [-0.15, -0.1) is 0 Å². The minimum Gasteiger partial charge on any atom is -0.368 e. The molecule has 11 heteroatoms. The van der Waals surface area contributed by atoms with Crippen molar-refractivity contribution in [1.82, 2.24) is 24.3 Å². The molecule has 0 spiro atoms. The van der Waals surface area contributed by atoms with Crippen molar-refractivity contribution >= 4 is 39.8 Å². The van der Waals surface area contributed by atoms with Gasteiger partial charge in [-0.25, -0.2) is 9.97 Å². The quantitative estimate of drug-likeness (QED) is 0.252. The van der Waals surface area contributed by atoms with Crippen LogP contribution in [0.25, 0.3) is 22.2 Å². The number of likely N-dealkylation sites (N-methyl/N-ethyl adjacent to an activating group) is 2. The molecule has 1 N–H and O–H groups in total. The first-order chi connectivity index (χ1) is 18.5. The Bertz CT molecular complexity index is 1540. The lowest BCUT2D eigenvalue weighted by atomic mass is 10.1. The van der Waals surface area contributed by atoms with Gasteiger partial charge in [0.15, 0.2) is 0 Å². The minimum atomic E-state index is -0.376. The molecule has 2 aromatic heterocycles. The molecule has 0 unspecified atom stereocenters. The predicted molar refractivity (Wildman–Crippen MR) is 155 cm³/mol. The highest BCUT2D eigenvalue weighted by molar-refractivity contribution is 6.09. The summed E-state index contributed by atoms with van der Waals surface area (Å²) in [5, 5.41) is 16.0. The molecule has 0 aliphatic heterocycles. The van der Waals surface area contributed by atoms with Crippen LogP contribution >= 0.6 is 0 Å². The maximum absolute atomic E-state index is 13.2. The van der Waals surface area contributed by atoms with Crippen LogP contribution in [0.1, 0.15) is 16.1 Å². The summed E-state index contributed by atoms with van der Waals surface area (Å²) in [6, 6.07) is 12.9. The monoisotopic (exact) mass is 530 g/mol. The van der Waals surface area contributed by atoms with Gasteiger partial charge >= 0.3 is 0 Å². The summed E-state index contributed by atoms with van der Waals surface area (Å²) in [6.45, 7) is 3.29. The number of nitro groups is 1. The molecule has 4 rings (SSSR count). The van der Waals surface area contributed by atoms with Crippen LogP contribution in [0.3, 0.4) is 0 Å². The molecule has 2 aromatic carbocycles. The third-order valence-corrected chi connectivity index (χ3v) is 6.69. The van der Waals surface area contributed by atoms with Crippen LogP contribution in [0.2, 0.25) is 0 Å². The zero-order valence-electron chi connectivity index (χ0n) is 23.4. The third kappa shape index (κ3) is 5.53. The number of rotatable bonds is 9. The number of benzene rings is 2. The van der Waals surface area contributed by atoms with Crippen molar-refractivity contribution in [3.8, 4) is 11.3 Å². The average molecular weight is 531 g/mol. The van der Waals surface area contributed by atoms with Crippen molar-refractivity contribution in [1.29, 1.82) is 0 Å². The van der Waals surface area contributed by atoms with Gasteiger partial charge in [0.1, 0.15) is 11.4 Å². The fraction of sp³-hybridized carbons (Fsp3) is 0.321. The zero-order chi connectivity index (χ0) is 28.4. The first-order valence-corrected chi connectivity index (χ1v) is 12.5. The Morgan fingerprint density at radius 1 is 1.08 bits per heavy atom. The standard InChI is InChI=1S/C28H34N8O3/c1-18-16-23(34(6)15-14-32(2)3)24(36(38)39)17-21(18)31-28-29-13-12-20(30-28)25-19-10-8-9-11-22(19)35(7)26(25)27(37)33(4)5/h8-13,16-17H,14-15H2,1-7H3,(H,29,30,31). The molecule has 0 radical (unpaired) electrons. The van der Waals surface area contributed by atoms with Gasteiger partial charge in [-0.3, -0.25) is 14.9 Å². The number of hydrogen-bond donors (Lipinski definition) is 1. The van der Waals surface area contributed by atoms with E-state index in [1.807, 2.05) is 73.7 Å². The number of carbonyl (C=O) groups is 1. The fourth-order valence-electron chi connectivity index (χ4n) is 4.53. The topological polar surface area (TPSA) is 113 Å². The maximum Gasteiger partial charge on any atom is 0.294 e. The summed E-state index contributed by atoms with van der Waals surface area (Å²) < 4.78 is 1.88. The van der Waals surface area contributed by atoms with E-state index in [1.165, 1.54) is 11.0 Å². The molecular formula is C28H34N8O3. The molecule has 0 saturated heterocycles. The van der Waals surface area contributed by atoms with E-state index in [4.69, 9.17) is 4.98 Å². The van der Waals surface area contributed by atoms with E-state index < -0.39 is 0 Å². The van der Waals surface area contributed by atoms with Gasteiger partial charge in [0.2, 0.25) is 5.95 Å². The van der Waals surface area contributed by atoms with Crippen LogP contribution in [-0.4, -0.2) is 83.5 Å². The van der Waals surface area contributed by atoms with Gasteiger partial charge in [0.25, 0.3) is 11.6 Å². The number of carbonyl (C=O) groups excluding carboxylic acids is 1. The van der Waals surface area contributed by atoms with Crippen LogP contribution < -0.4 is 10.2 Å². The van der Waals surface area contributed by atoms with Crippen molar-refractivity contribution in [2.75, 3.05) is 58.5 Å². The number of aryl methyl sites for hydroxylation is 2. The van der Waals surface area contributed by atoms with Crippen LogP contribution in [0.15, 0.2) is 48.7 Å². The number of fused-ring (bicyclic) bond motifs is 1. The van der Waals surface area contributed by atoms with E-state index in [2.05, 4.69) is 10.3 Å². The van der Waals surface area contributed by atoms with Crippen molar-refractivity contribution in [3.63, 3.8) is 0 Å². The Balaban J connectivity index is 1.76. The number of aromatic nitrogens is 3.